The van der Waals surface area contributed by atoms with Crippen LogP contribution in [0.5, 0.6) is 0 Å². The first-order chi connectivity index (χ1) is 6.63. The number of likely N-dealkylation sites (N-methyl/N-ethyl adjacent to an activating group) is 1. The summed E-state index contributed by atoms with van der Waals surface area (Å²) in [6.45, 7) is 13.4. The normalized spacial score (nSPS) is 11.0. The smallest absolute Gasteiger partial charge is 0.209 e. The summed E-state index contributed by atoms with van der Waals surface area (Å²) in [5, 5.41) is 0. The van der Waals surface area contributed by atoms with Crippen molar-refractivity contribution >= 4 is 6.41 Å². The lowest BCUT2D eigenvalue weighted by atomic mass is 10.2. The third-order valence-electron chi connectivity index (χ3n) is 2.35. The van der Waals surface area contributed by atoms with Crippen molar-refractivity contribution in [3.63, 3.8) is 0 Å². The molecule has 0 aromatic carbocycles. The molecule has 0 saturated carbocycles. The third-order valence-corrected chi connectivity index (χ3v) is 2.35. The van der Waals surface area contributed by atoms with Crippen LogP contribution in [-0.4, -0.2) is 48.9 Å². The van der Waals surface area contributed by atoms with Gasteiger partial charge in [-0.3, -0.25) is 4.79 Å². The highest BCUT2D eigenvalue weighted by molar-refractivity contribution is 5.46. The lowest BCUT2D eigenvalue weighted by Crippen LogP contribution is -2.36. The molecule has 0 atom stereocenters. The lowest BCUT2D eigenvalue weighted by Gasteiger charge is -2.24. The number of carbonyl (C=O) groups excluding carboxylic acids is 1. The quantitative estimate of drug-likeness (QED) is 0.554. The predicted molar refractivity (Wildman–Crippen MR) is 60.3 cm³/mol. The van der Waals surface area contributed by atoms with Gasteiger partial charge in [0, 0.05) is 19.6 Å². The molecular weight excluding hydrogens is 176 g/mol. The molecule has 0 radical (unpaired) electrons. The first-order valence-corrected chi connectivity index (χ1v) is 5.55. The highest BCUT2D eigenvalue weighted by Crippen LogP contribution is 1.96. The predicted octanol–water partition coefficient (Wildman–Crippen LogP) is 1.44. The standard InChI is InChI=1S/C11H24N2O/c1-5-12(6-2)7-8-13(10-14)9-11(3)4/h10-11H,5-9H2,1-4H3. The van der Waals surface area contributed by atoms with Gasteiger partial charge < -0.3 is 9.80 Å². The van der Waals surface area contributed by atoms with E-state index in [1.807, 2.05) is 4.90 Å². The van der Waals surface area contributed by atoms with Crippen molar-refractivity contribution in [1.29, 1.82) is 0 Å². The second-order valence-corrected chi connectivity index (χ2v) is 4.02. The van der Waals surface area contributed by atoms with Crippen LogP contribution in [0.4, 0.5) is 0 Å². The molecule has 3 nitrogen and oxygen atoms in total. The van der Waals surface area contributed by atoms with Gasteiger partial charge >= 0.3 is 0 Å². The Morgan fingerprint density at radius 3 is 2.07 bits per heavy atom. The van der Waals surface area contributed by atoms with Crippen LogP contribution >= 0.6 is 0 Å². The van der Waals surface area contributed by atoms with Crippen LogP contribution in [0, 0.1) is 5.92 Å². The zero-order valence-corrected chi connectivity index (χ0v) is 9.99. The summed E-state index contributed by atoms with van der Waals surface area (Å²) in [4.78, 5) is 14.9. The molecule has 0 heterocycles. The maximum atomic E-state index is 10.7. The van der Waals surface area contributed by atoms with Crippen molar-refractivity contribution in [2.24, 2.45) is 5.92 Å². The van der Waals surface area contributed by atoms with Crippen molar-refractivity contribution in [3.05, 3.63) is 0 Å². The maximum absolute atomic E-state index is 10.7. The average molecular weight is 200 g/mol. The molecule has 0 saturated heterocycles. The molecule has 84 valence electrons. The Morgan fingerprint density at radius 1 is 1.14 bits per heavy atom. The lowest BCUT2D eigenvalue weighted by molar-refractivity contribution is -0.118. The minimum atomic E-state index is 0.553. The monoisotopic (exact) mass is 200 g/mol. The van der Waals surface area contributed by atoms with E-state index in [-0.39, 0.29) is 0 Å². The highest BCUT2D eigenvalue weighted by Gasteiger charge is 2.06. The van der Waals surface area contributed by atoms with Crippen LogP contribution in [0.3, 0.4) is 0 Å². The summed E-state index contributed by atoms with van der Waals surface area (Å²) >= 11 is 0. The molecule has 0 bridgehead atoms. The number of carbonyl (C=O) groups is 1. The highest BCUT2D eigenvalue weighted by atomic mass is 16.1. The van der Waals surface area contributed by atoms with Gasteiger partial charge in [0.2, 0.25) is 6.41 Å². The summed E-state index contributed by atoms with van der Waals surface area (Å²) in [7, 11) is 0. The largest absolute Gasteiger partial charge is 0.344 e. The van der Waals surface area contributed by atoms with E-state index >= 15 is 0 Å². The van der Waals surface area contributed by atoms with E-state index in [0.29, 0.717) is 5.92 Å². The summed E-state index contributed by atoms with van der Waals surface area (Å²) in [6.07, 6.45) is 0.962. The van der Waals surface area contributed by atoms with E-state index in [2.05, 4.69) is 32.6 Å². The van der Waals surface area contributed by atoms with Gasteiger partial charge in [0.05, 0.1) is 0 Å². The van der Waals surface area contributed by atoms with Gasteiger partial charge in [-0.25, -0.2) is 0 Å². The van der Waals surface area contributed by atoms with Crippen LogP contribution in [0.15, 0.2) is 0 Å². The van der Waals surface area contributed by atoms with E-state index in [4.69, 9.17) is 0 Å². The Labute approximate surface area is 88.1 Å². The number of nitrogens with zero attached hydrogens (tertiary/aromatic N) is 2. The number of hydrogen-bond donors (Lipinski definition) is 0. The van der Waals surface area contributed by atoms with Gasteiger partial charge in [-0.15, -0.1) is 0 Å². The molecule has 1 amide bonds. The molecule has 0 aliphatic rings. The fourth-order valence-corrected chi connectivity index (χ4v) is 1.47. The molecule has 0 aromatic heterocycles. The second kappa shape index (κ2) is 7.80. The number of hydrogen-bond acceptors (Lipinski definition) is 2. The van der Waals surface area contributed by atoms with E-state index in [9.17, 15) is 4.79 Å². The Bertz CT molecular complexity index is 144. The molecule has 0 aromatic rings. The van der Waals surface area contributed by atoms with Crippen molar-refractivity contribution in [2.75, 3.05) is 32.7 Å². The Morgan fingerprint density at radius 2 is 1.71 bits per heavy atom. The van der Waals surface area contributed by atoms with Crippen LogP contribution in [0.2, 0.25) is 0 Å². The van der Waals surface area contributed by atoms with Gasteiger partial charge in [0.1, 0.15) is 0 Å². The molecule has 14 heavy (non-hydrogen) atoms. The summed E-state index contributed by atoms with van der Waals surface area (Å²) < 4.78 is 0. The maximum Gasteiger partial charge on any atom is 0.209 e. The molecule has 0 unspecified atom stereocenters. The van der Waals surface area contributed by atoms with Crippen LogP contribution < -0.4 is 0 Å². The molecule has 3 heteroatoms. The van der Waals surface area contributed by atoms with Gasteiger partial charge in [0.25, 0.3) is 0 Å². The van der Waals surface area contributed by atoms with E-state index in [0.717, 1.165) is 39.1 Å². The molecule has 0 fully saturated rings. The van der Waals surface area contributed by atoms with E-state index < -0.39 is 0 Å². The minimum Gasteiger partial charge on any atom is -0.344 e. The first-order valence-electron chi connectivity index (χ1n) is 5.55. The van der Waals surface area contributed by atoms with E-state index in [1.165, 1.54) is 0 Å². The van der Waals surface area contributed by atoms with Gasteiger partial charge in [-0.2, -0.15) is 0 Å². The Balaban J connectivity index is 3.76. The third kappa shape index (κ3) is 5.97. The molecule has 0 spiro atoms. The average Bonchev–Trinajstić information content (AvgIpc) is 2.17. The molecule has 0 rings (SSSR count). The topological polar surface area (TPSA) is 23.6 Å². The van der Waals surface area contributed by atoms with Crippen molar-refractivity contribution in [2.45, 2.75) is 27.7 Å². The first kappa shape index (κ1) is 13.4. The van der Waals surface area contributed by atoms with Crippen molar-refractivity contribution < 1.29 is 4.79 Å². The number of rotatable bonds is 8. The molecular formula is C11H24N2O. The van der Waals surface area contributed by atoms with Crippen LogP contribution in [0.1, 0.15) is 27.7 Å². The minimum absolute atomic E-state index is 0.553. The van der Waals surface area contributed by atoms with Gasteiger partial charge in [-0.1, -0.05) is 27.7 Å². The zero-order chi connectivity index (χ0) is 11.0. The van der Waals surface area contributed by atoms with Gasteiger partial charge in [-0.05, 0) is 19.0 Å². The molecule has 0 aliphatic carbocycles. The Kier molecular flexibility index (Phi) is 7.48. The van der Waals surface area contributed by atoms with Gasteiger partial charge in [0.15, 0.2) is 0 Å². The van der Waals surface area contributed by atoms with Crippen molar-refractivity contribution in [3.8, 4) is 0 Å². The molecule has 0 N–H and O–H groups in total. The fourth-order valence-electron chi connectivity index (χ4n) is 1.47. The summed E-state index contributed by atoms with van der Waals surface area (Å²) in [5.74, 6) is 0.553. The van der Waals surface area contributed by atoms with E-state index in [1.54, 1.807) is 0 Å². The van der Waals surface area contributed by atoms with Crippen LogP contribution in [0.25, 0.3) is 0 Å². The number of amides is 1. The summed E-state index contributed by atoms with van der Waals surface area (Å²) in [6, 6.07) is 0. The molecule has 0 aliphatic heterocycles. The second-order valence-electron chi connectivity index (χ2n) is 4.02. The SMILES string of the molecule is CCN(CC)CCN(C=O)CC(C)C. The zero-order valence-electron chi connectivity index (χ0n) is 9.99. The van der Waals surface area contributed by atoms with Crippen molar-refractivity contribution in [1.82, 2.24) is 9.80 Å². The fraction of sp³-hybridized carbons (Fsp3) is 0.909. The Hall–Kier alpha value is -0.570. The summed E-state index contributed by atoms with van der Waals surface area (Å²) in [5.41, 5.74) is 0. The van der Waals surface area contributed by atoms with Crippen LogP contribution in [-0.2, 0) is 4.79 Å².